The Kier molecular flexibility index (Phi) is 3.64. The minimum Gasteiger partial charge on any atom is -0.352 e. The maximum atomic E-state index is 12.3. The zero-order valence-corrected chi connectivity index (χ0v) is 11.3. The normalized spacial score (nSPS) is 10.9. The Balaban J connectivity index is 2.44. The van der Waals surface area contributed by atoms with E-state index in [-0.39, 0.29) is 24.1 Å². The van der Waals surface area contributed by atoms with Crippen molar-refractivity contribution in [3.63, 3.8) is 0 Å². The molecular formula is C14H17N3O2. The van der Waals surface area contributed by atoms with E-state index >= 15 is 0 Å². The molecule has 100 valence electrons. The number of rotatable bonds is 3. The molecule has 0 aliphatic rings. The highest BCUT2D eigenvalue weighted by Gasteiger charge is 2.11. The van der Waals surface area contributed by atoms with Crippen LogP contribution in [0.2, 0.25) is 0 Å². The Morgan fingerprint density at radius 1 is 1.37 bits per heavy atom. The molecule has 19 heavy (non-hydrogen) atoms. The van der Waals surface area contributed by atoms with Crippen molar-refractivity contribution in [3.05, 3.63) is 40.4 Å². The van der Waals surface area contributed by atoms with Crippen LogP contribution >= 0.6 is 0 Å². The van der Waals surface area contributed by atoms with Gasteiger partial charge in [0.1, 0.15) is 12.4 Å². The van der Waals surface area contributed by atoms with E-state index in [4.69, 9.17) is 0 Å². The second-order valence-electron chi connectivity index (χ2n) is 4.79. The number of para-hydroxylation sites is 1. The Hall–Kier alpha value is -2.17. The predicted octanol–water partition coefficient (Wildman–Crippen LogP) is 1.23. The summed E-state index contributed by atoms with van der Waals surface area (Å²) in [5, 5.41) is 3.30. The SMILES string of the molecule is Cc1nc2ccccc2c(=O)n1CC(=O)NC(C)C. The zero-order chi connectivity index (χ0) is 14.0. The van der Waals surface area contributed by atoms with Gasteiger partial charge < -0.3 is 5.32 Å². The molecule has 0 radical (unpaired) electrons. The topological polar surface area (TPSA) is 64.0 Å². The Bertz CT molecular complexity index is 674. The second kappa shape index (κ2) is 5.22. The van der Waals surface area contributed by atoms with Crippen molar-refractivity contribution in [2.75, 3.05) is 0 Å². The molecule has 5 heteroatoms. The van der Waals surface area contributed by atoms with Crippen LogP contribution in [0, 0.1) is 6.92 Å². The molecule has 0 bridgehead atoms. The Morgan fingerprint density at radius 2 is 2.05 bits per heavy atom. The molecule has 0 spiro atoms. The summed E-state index contributed by atoms with van der Waals surface area (Å²) in [6, 6.07) is 7.20. The number of fused-ring (bicyclic) bond motifs is 1. The highest BCUT2D eigenvalue weighted by Crippen LogP contribution is 2.07. The van der Waals surface area contributed by atoms with Crippen molar-refractivity contribution in [3.8, 4) is 0 Å². The molecule has 0 saturated heterocycles. The molecule has 2 aromatic rings. The van der Waals surface area contributed by atoms with Gasteiger partial charge in [0.05, 0.1) is 10.9 Å². The Labute approximate surface area is 111 Å². The smallest absolute Gasteiger partial charge is 0.261 e. The fourth-order valence-corrected chi connectivity index (χ4v) is 1.98. The van der Waals surface area contributed by atoms with E-state index in [1.807, 2.05) is 19.9 Å². The Morgan fingerprint density at radius 3 is 2.74 bits per heavy atom. The molecule has 0 aliphatic heterocycles. The quantitative estimate of drug-likeness (QED) is 0.901. The lowest BCUT2D eigenvalue weighted by atomic mass is 10.2. The van der Waals surface area contributed by atoms with E-state index < -0.39 is 0 Å². The van der Waals surface area contributed by atoms with Crippen LogP contribution in [0.25, 0.3) is 10.9 Å². The number of nitrogens with one attached hydrogen (secondary N) is 1. The lowest BCUT2D eigenvalue weighted by molar-refractivity contribution is -0.122. The summed E-state index contributed by atoms with van der Waals surface area (Å²) < 4.78 is 1.40. The number of aryl methyl sites for hydroxylation is 1. The van der Waals surface area contributed by atoms with Crippen molar-refractivity contribution in [1.82, 2.24) is 14.9 Å². The average molecular weight is 259 g/mol. The number of carbonyl (C=O) groups excluding carboxylic acids is 1. The summed E-state index contributed by atoms with van der Waals surface area (Å²) >= 11 is 0. The van der Waals surface area contributed by atoms with Crippen LogP contribution < -0.4 is 10.9 Å². The van der Waals surface area contributed by atoms with Crippen molar-refractivity contribution in [2.45, 2.75) is 33.4 Å². The van der Waals surface area contributed by atoms with Crippen LogP contribution in [-0.4, -0.2) is 21.5 Å². The average Bonchev–Trinajstić information content (AvgIpc) is 2.33. The van der Waals surface area contributed by atoms with Gasteiger partial charge >= 0.3 is 0 Å². The van der Waals surface area contributed by atoms with Gasteiger partial charge in [-0.1, -0.05) is 12.1 Å². The van der Waals surface area contributed by atoms with E-state index in [1.165, 1.54) is 4.57 Å². The van der Waals surface area contributed by atoms with Gasteiger partial charge in [0.25, 0.3) is 5.56 Å². The third-order valence-electron chi connectivity index (χ3n) is 2.80. The van der Waals surface area contributed by atoms with Gasteiger partial charge in [0.2, 0.25) is 5.91 Å². The second-order valence-corrected chi connectivity index (χ2v) is 4.79. The molecule has 2 rings (SSSR count). The molecule has 0 unspecified atom stereocenters. The predicted molar refractivity (Wildman–Crippen MR) is 74.0 cm³/mol. The van der Waals surface area contributed by atoms with Crippen molar-refractivity contribution >= 4 is 16.8 Å². The van der Waals surface area contributed by atoms with Gasteiger partial charge in [0.15, 0.2) is 0 Å². The van der Waals surface area contributed by atoms with Crippen LogP contribution in [-0.2, 0) is 11.3 Å². The molecule has 0 fully saturated rings. The first-order chi connectivity index (χ1) is 8.99. The molecule has 0 aliphatic carbocycles. The third kappa shape index (κ3) is 2.81. The first-order valence-electron chi connectivity index (χ1n) is 6.24. The number of carbonyl (C=O) groups is 1. The van der Waals surface area contributed by atoms with Gasteiger partial charge in [0, 0.05) is 6.04 Å². The van der Waals surface area contributed by atoms with E-state index in [2.05, 4.69) is 10.3 Å². The van der Waals surface area contributed by atoms with Crippen LogP contribution in [0.4, 0.5) is 0 Å². The maximum Gasteiger partial charge on any atom is 0.261 e. The minimum absolute atomic E-state index is 0.000676. The van der Waals surface area contributed by atoms with E-state index in [1.54, 1.807) is 25.1 Å². The minimum atomic E-state index is -0.183. The summed E-state index contributed by atoms with van der Waals surface area (Å²) in [5.74, 6) is 0.361. The van der Waals surface area contributed by atoms with Crippen LogP contribution in [0.3, 0.4) is 0 Å². The van der Waals surface area contributed by atoms with Crippen molar-refractivity contribution in [2.24, 2.45) is 0 Å². The van der Waals surface area contributed by atoms with Gasteiger partial charge in [-0.05, 0) is 32.9 Å². The van der Waals surface area contributed by atoms with Crippen LogP contribution in [0.1, 0.15) is 19.7 Å². The first kappa shape index (κ1) is 13.3. The lowest BCUT2D eigenvalue weighted by Gasteiger charge is -2.12. The third-order valence-corrected chi connectivity index (χ3v) is 2.80. The van der Waals surface area contributed by atoms with E-state index in [0.29, 0.717) is 16.7 Å². The molecular weight excluding hydrogens is 242 g/mol. The summed E-state index contributed by atoms with van der Waals surface area (Å²) in [4.78, 5) is 28.4. The molecule has 5 nitrogen and oxygen atoms in total. The molecule has 0 atom stereocenters. The fourth-order valence-electron chi connectivity index (χ4n) is 1.98. The van der Waals surface area contributed by atoms with Crippen molar-refractivity contribution in [1.29, 1.82) is 0 Å². The summed E-state index contributed by atoms with van der Waals surface area (Å²) in [5.41, 5.74) is 0.479. The molecule has 1 heterocycles. The van der Waals surface area contributed by atoms with Crippen LogP contribution in [0.5, 0.6) is 0 Å². The summed E-state index contributed by atoms with van der Waals surface area (Å²) in [7, 11) is 0. The molecule has 0 saturated carbocycles. The van der Waals surface area contributed by atoms with Crippen LogP contribution in [0.15, 0.2) is 29.1 Å². The fraction of sp³-hybridized carbons (Fsp3) is 0.357. The van der Waals surface area contributed by atoms with E-state index in [0.717, 1.165) is 0 Å². The van der Waals surface area contributed by atoms with Crippen molar-refractivity contribution < 1.29 is 4.79 Å². The number of nitrogens with zero attached hydrogens (tertiary/aromatic N) is 2. The molecule has 1 N–H and O–H groups in total. The number of amides is 1. The van der Waals surface area contributed by atoms with Gasteiger partial charge in [-0.3, -0.25) is 14.2 Å². The summed E-state index contributed by atoms with van der Waals surface area (Å²) in [6.45, 7) is 5.50. The lowest BCUT2D eigenvalue weighted by Crippen LogP contribution is -2.37. The molecule has 1 amide bonds. The summed E-state index contributed by atoms with van der Waals surface area (Å²) in [6.07, 6.45) is 0. The maximum absolute atomic E-state index is 12.3. The van der Waals surface area contributed by atoms with Gasteiger partial charge in [-0.25, -0.2) is 4.98 Å². The number of hydrogen-bond donors (Lipinski definition) is 1. The number of aromatic nitrogens is 2. The number of benzene rings is 1. The highest BCUT2D eigenvalue weighted by molar-refractivity contribution is 5.79. The van der Waals surface area contributed by atoms with E-state index in [9.17, 15) is 9.59 Å². The van der Waals surface area contributed by atoms with Gasteiger partial charge in [-0.2, -0.15) is 0 Å². The molecule has 1 aromatic carbocycles. The standard InChI is InChI=1S/C14H17N3O2/c1-9(2)15-13(18)8-17-10(3)16-12-7-5-4-6-11(12)14(17)19/h4-7,9H,8H2,1-3H3,(H,15,18). The highest BCUT2D eigenvalue weighted by atomic mass is 16.2. The van der Waals surface area contributed by atoms with Gasteiger partial charge in [-0.15, -0.1) is 0 Å². The first-order valence-corrected chi connectivity index (χ1v) is 6.24. The monoisotopic (exact) mass is 259 g/mol. The largest absolute Gasteiger partial charge is 0.352 e. The number of hydrogen-bond acceptors (Lipinski definition) is 3. The zero-order valence-electron chi connectivity index (χ0n) is 11.3. The molecule has 1 aromatic heterocycles.